The summed E-state index contributed by atoms with van der Waals surface area (Å²) in [7, 11) is 0. The van der Waals surface area contributed by atoms with Crippen LogP contribution in [0.3, 0.4) is 0 Å². The van der Waals surface area contributed by atoms with Gasteiger partial charge in [-0.25, -0.2) is 9.67 Å². The maximum absolute atomic E-state index is 12.8. The average Bonchev–Trinajstić information content (AvgIpc) is 2.88. The van der Waals surface area contributed by atoms with Crippen LogP contribution < -0.4 is 5.32 Å². The Balaban J connectivity index is 1.86. The lowest BCUT2D eigenvalue weighted by Gasteiger charge is -2.12. The smallest absolute Gasteiger partial charge is 0.228 e. The summed E-state index contributed by atoms with van der Waals surface area (Å²) in [5, 5.41) is 7.23. The molecule has 6 heteroatoms. The molecule has 1 aromatic carbocycles. The van der Waals surface area contributed by atoms with Crippen molar-refractivity contribution in [2.24, 2.45) is 17.3 Å². The van der Waals surface area contributed by atoms with Gasteiger partial charge in [-0.05, 0) is 43.4 Å². The highest BCUT2D eigenvalue weighted by Gasteiger charge is 2.60. The third kappa shape index (κ3) is 3.15. The SMILES string of the molecule is CC(C)=CC1C(C(=O)Nc2cc(Br)ccc2-n2cncn2)C1(C)C. The molecule has 0 aliphatic heterocycles. The second kappa shape index (κ2) is 6.16. The van der Waals surface area contributed by atoms with Crippen molar-refractivity contribution in [1.29, 1.82) is 0 Å². The van der Waals surface area contributed by atoms with Crippen molar-refractivity contribution in [2.45, 2.75) is 27.7 Å². The van der Waals surface area contributed by atoms with Gasteiger partial charge < -0.3 is 5.32 Å². The lowest BCUT2D eigenvalue weighted by atomic mass is 10.1. The predicted molar refractivity (Wildman–Crippen MR) is 97.9 cm³/mol. The lowest BCUT2D eigenvalue weighted by Crippen LogP contribution is -2.18. The molecule has 3 rings (SSSR count). The topological polar surface area (TPSA) is 59.8 Å². The van der Waals surface area contributed by atoms with Gasteiger partial charge in [-0.1, -0.05) is 41.4 Å². The maximum atomic E-state index is 12.8. The van der Waals surface area contributed by atoms with Crippen molar-refractivity contribution in [3.05, 3.63) is 47.0 Å². The van der Waals surface area contributed by atoms with E-state index < -0.39 is 0 Å². The number of halogens is 1. The fourth-order valence-electron chi connectivity index (χ4n) is 3.20. The van der Waals surface area contributed by atoms with Crippen molar-refractivity contribution in [3.8, 4) is 5.69 Å². The van der Waals surface area contributed by atoms with E-state index in [-0.39, 0.29) is 23.2 Å². The molecule has 1 amide bonds. The first-order chi connectivity index (χ1) is 11.3. The maximum Gasteiger partial charge on any atom is 0.228 e. The fraction of sp³-hybridized carbons (Fsp3) is 0.389. The van der Waals surface area contributed by atoms with E-state index in [9.17, 15) is 4.79 Å². The molecule has 0 bridgehead atoms. The van der Waals surface area contributed by atoms with Gasteiger partial charge in [0.2, 0.25) is 5.91 Å². The number of aromatic nitrogens is 3. The van der Waals surface area contributed by atoms with Gasteiger partial charge in [-0.2, -0.15) is 5.10 Å². The van der Waals surface area contributed by atoms with Gasteiger partial charge in [0.1, 0.15) is 12.7 Å². The molecule has 2 aromatic rings. The van der Waals surface area contributed by atoms with Crippen LogP contribution in [-0.4, -0.2) is 20.7 Å². The van der Waals surface area contributed by atoms with Gasteiger partial charge in [0.15, 0.2) is 0 Å². The minimum atomic E-state index is -0.0185. The highest BCUT2D eigenvalue weighted by Crippen LogP contribution is 2.59. The number of nitrogens with zero attached hydrogens (tertiary/aromatic N) is 3. The number of benzene rings is 1. The van der Waals surface area contributed by atoms with Crippen LogP contribution in [0.4, 0.5) is 5.69 Å². The minimum Gasteiger partial charge on any atom is -0.324 e. The molecule has 1 N–H and O–H groups in total. The van der Waals surface area contributed by atoms with Crippen molar-refractivity contribution in [2.75, 3.05) is 5.32 Å². The fourth-order valence-corrected chi connectivity index (χ4v) is 3.56. The summed E-state index contributed by atoms with van der Waals surface area (Å²) in [4.78, 5) is 16.8. The second-order valence-corrected chi connectivity index (χ2v) is 7.98. The van der Waals surface area contributed by atoms with Gasteiger partial charge in [0.05, 0.1) is 17.3 Å². The van der Waals surface area contributed by atoms with E-state index >= 15 is 0 Å². The Hall–Kier alpha value is -1.95. The number of hydrogen-bond acceptors (Lipinski definition) is 3. The zero-order valence-corrected chi connectivity index (χ0v) is 15.8. The number of carbonyl (C=O) groups excluding carboxylic acids is 1. The zero-order chi connectivity index (χ0) is 17.5. The highest BCUT2D eigenvalue weighted by atomic mass is 79.9. The zero-order valence-electron chi connectivity index (χ0n) is 14.2. The van der Waals surface area contributed by atoms with Crippen molar-refractivity contribution in [3.63, 3.8) is 0 Å². The van der Waals surface area contributed by atoms with Gasteiger partial charge >= 0.3 is 0 Å². The molecule has 0 spiro atoms. The molecular weight excluding hydrogens is 368 g/mol. The molecule has 0 saturated heterocycles. The van der Waals surface area contributed by atoms with E-state index in [2.05, 4.69) is 65.1 Å². The summed E-state index contributed by atoms with van der Waals surface area (Å²) in [5.74, 6) is 0.307. The molecule has 0 radical (unpaired) electrons. The molecule has 2 unspecified atom stereocenters. The van der Waals surface area contributed by atoms with Crippen LogP contribution in [0.2, 0.25) is 0 Å². The van der Waals surface area contributed by atoms with E-state index in [4.69, 9.17) is 0 Å². The Bertz CT molecular complexity index is 791. The molecule has 1 aromatic heterocycles. The monoisotopic (exact) mass is 388 g/mol. The van der Waals surface area contributed by atoms with Gasteiger partial charge in [-0.15, -0.1) is 0 Å². The number of amides is 1. The van der Waals surface area contributed by atoms with E-state index in [1.54, 1.807) is 11.0 Å². The van der Waals surface area contributed by atoms with Crippen molar-refractivity contribution >= 4 is 27.5 Å². The third-order valence-corrected chi connectivity index (χ3v) is 5.08. The Morgan fingerprint density at radius 2 is 2.12 bits per heavy atom. The van der Waals surface area contributed by atoms with E-state index in [0.29, 0.717) is 0 Å². The third-order valence-electron chi connectivity index (χ3n) is 4.59. The first-order valence-corrected chi connectivity index (χ1v) is 8.70. The summed E-state index contributed by atoms with van der Waals surface area (Å²) < 4.78 is 2.55. The largest absolute Gasteiger partial charge is 0.324 e. The van der Waals surface area contributed by atoms with E-state index in [1.165, 1.54) is 11.9 Å². The lowest BCUT2D eigenvalue weighted by molar-refractivity contribution is -0.118. The molecule has 1 fully saturated rings. The molecule has 1 saturated carbocycles. The second-order valence-electron chi connectivity index (χ2n) is 7.06. The molecular formula is C18H21BrN4O. The number of anilines is 1. The normalized spacial score (nSPS) is 21.2. The molecule has 5 nitrogen and oxygen atoms in total. The number of nitrogens with one attached hydrogen (secondary N) is 1. The summed E-state index contributed by atoms with van der Waals surface area (Å²) >= 11 is 3.46. The first-order valence-electron chi connectivity index (χ1n) is 7.91. The molecule has 24 heavy (non-hydrogen) atoms. The van der Waals surface area contributed by atoms with Crippen LogP contribution in [0, 0.1) is 17.3 Å². The summed E-state index contributed by atoms with van der Waals surface area (Å²) in [5.41, 5.74) is 2.75. The standard InChI is InChI=1S/C18H21BrN4O/c1-11(2)7-13-16(18(13,3)4)17(24)22-14-8-12(19)5-6-15(14)23-10-20-9-21-23/h5-10,13,16H,1-4H3,(H,22,24). The Kier molecular flexibility index (Phi) is 4.34. The van der Waals surface area contributed by atoms with Crippen molar-refractivity contribution in [1.82, 2.24) is 14.8 Å². The van der Waals surface area contributed by atoms with Crippen LogP contribution in [0.1, 0.15) is 27.7 Å². The summed E-state index contributed by atoms with van der Waals surface area (Å²) in [6.45, 7) is 8.42. The van der Waals surface area contributed by atoms with E-state index in [1.807, 2.05) is 18.2 Å². The molecule has 1 heterocycles. The van der Waals surface area contributed by atoms with E-state index in [0.717, 1.165) is 15.8 Å². The predicted octanol–water partition coefficient (Wildman–Crippen LogP) is 4.21. The highest BCUT2D eigenvalue weighted by molar-refractivity contribution is 9.10. The summed E-state index contributed by atoms with van der Waals surface area (Å²) in [6, 6.07) is 5.71. The Morgan fingerprint density at radius 1 is 1.38 bits per heavy atom. The van der Waals surface area contributed by atoms with Crippen LogP contribution in [0.15, 0.2) is 47.0 Å². The number of hydrogen-bond donors (Lipinski definition) is 1. The minimum absolute atomic E-state index is 0.0131. The van der Waals surface area contributed by atoms with Gasteiger partial charge in [0, 0.05) is 4.47 Å². The van der Waals surface area contributed by atoms with Crippen LogP contribution >= 0.6 is 15.9 Å². The summed E-state index contributed by atoms with van der Waals surface area (Å²) in [6.07, 6.45) is 5.29. The van der Waals surface area contributed by atoms with Gasteiger partial charge in [-0.3, -0.25) is 4.79 Å². The van der Waals surface area contributed by atoms with Crippen LogP contribution in [0.5, 0.6) is 0 Å². The van der Waals surface area contributed by atoms with Crippen LogP contribution in [0.25, 0.3) is 5.69 Å². The molecule has 126 valence electrons. The average molecular weight is 389 g/mol. The Labute approximate surface area is 150 Å². The molecule has 1 aliphatic carbocycles. The van der Waals surface area contributed by atoms with Crippen LogP contribution in [-0.2, 0) is 4.79 Å². The number of allylic oxidation sites excluding steroid dienone is 2. The number of rotatable bonds is 4. The van der Waals surface area contributed by atoms with Crippen molar-refractivity contribution < 1.29 is 4.79 Å². The van der Waals surface area contributed by atoms with Gasteiger partial charge in [0.25, 0.3) is 0 Å². The Morgan fingerprint density at radius 3 is 2.75 bits per heavy atom. The quantitative estimate of drug-likeness (QED) is 0.798. The molecule has 1 aliphatic rings. The first kappa shape index (κ1) is 16.9. The molecule has 2 atom stereocenters. The number of carbonyl (C=O) groups is 1.